The van der Waals surface area contributed by atoms with Crippen LogP contribution in [0.1, 0.15) is 25.7 Å². The molecule has 7 heteroatoms. The van der Waals surface area contributed by atoms with Gasteiger partial charge in [0.15, 0.2) is 11.9 Å². The minimum Gasteiger partial charge on any atom is -0.337 e. The molecule has 0 amide bonds. The van der Waals surface area contributed by atoms with E-state index in [0.717, 1.165) is 37.8 Å². The second-order valence-electron chi connectivity index (χ2n) is 5.47. The predicted octanol–water partition coefficient (Wildman–Crippen LogP) is 2.46. The summed E-state index contributed by atoms with van der Waals surface area (Å²) in [5.41, 5.74) is 0.00564. The van der Waals surface area contributed by atoms with Gasteiger partial charge in [-0.2, -0.15) is 0 Å². The van der Waals surface area contributed by atoms with Gasteiger partial charge in [0.2, 0.25) is 0 Å². The van der Waals surface area contributed by atoms with Gasteiger partial charge in [0.25, 0.3) is 0 Å². The fourth-order valence-electron chi connectivity index (χ4n) is 2.31. The molecule has 21 heavy (non-hydrogen) atoms. The zero-order chi connectivity index (χ0) is 15.0. The smallest absolute Gasteiger partial charge is 0.199 e. The van der Waals surface area contributed by atoms with Crippen LogP contribution in [-0.4, -0.2) is 28.9 Å². The van der Waals surface area contributed by atoms with Crippen LogP contribution in [0.25, 0.3) is 0 Å². The first-order valence-corrected chi connectivity index (χ1v) is 6.99. The van der Waals surface area contributed by atoms with Crippen LogP contribution >= 0.6 is 0 Å². The number of anilines is 1. The molecule has 4 N–H and O–H groups in total. The van der Waals surface area contributed by atoms with E-state index in [0.29, 0.717) is 12.1 Å². The van der Waals surface area contributed by atoms with Gasteiger partial charge in [0.05, 0.1) is 5.69 Å². The van der Waals surface area contributed by atoms with Gasteiger partial charge in [-0.15, -0.1) is 0 Å². The summed E-state index contributed by atoms with van der Waals surface area (Å²) in [7, 11) is 0. The van der Waals surface area contributed by atoms with E-state index in [1.54, 1.807) is 0 Å². The zero-order valence-corrected chi connectivity index (χ0v) is 11.4. The van der Waals surface area contributed by atoms with Crippen molar-refractivity contribution in [3.05, 3.63) is 29.8 Å². The maximum atomic E-state index is 13.5. The topological polar surface area (TPSA) is 75.0 Å². The fraction of sp³-hybridized carbons (Fsp3) is 0.429. The number of nitrogens with zero attached hydrogens (tertiary/aromatic N) is 1. The van der Waals surface area contributed by atoms with E-state index in [2.05, 4.69) is 10.6 Å². The van der Waals surface area contributed by atoms with Gasteiger partial charge in [-0.05, 0) is 37.8 Å². The Balaban J connectivity index is 1.59. The number of guanidine groups is 2. The van der Waals surface area contributed by atoms with Crippen LogP contribution in [0.4, 0.5) is 14.5 Å². The SMILES string of the molecule is N=C(NC(=N)N(C1CC1)C1CC1)Nc1ccc(F)cc1F. The third-order valence-corrected chi connectivity index (χ3v) is 3.57. The third-order valence-electron chi connectivity index (χ3n) is 3.57. The van der Waals surface area contributed by atoms with Crippen molar-refractivity contribution in [3.8, 4) is 0 Å². The first kappa shape index (κ1) is 13.8. The van der Waals surface area contributed by atoms with Gasteiger partial charge in [-0.25, -0.2) is 8.78 Å². The molecule has 0 saturated heterocycles. The molecule has 0 bridgehead atoms. The second-order valence-corrected chi connectivity index (χ2v) is 5.47. The molecule has 2 aliphatic rings. The lowest BCUT2D eigenvalue weighted by Gasteiger charge is -2.25. The molecule has 1 aromatic rings. The van der Waals surface area contributed by atoms with E-state index >= 15 is 0 Å². The van der Waals surface area contributed by atoms with Gasteiger partial charge in [0.1, 0.15) is 11.6 Å². The number of benzene rings is 1. The first-order chi connectivity index (χ1) is 10.0. The predicted molar refractivity (Wildman–Crippen MR) is 76.5 cm³/mol. The van der Waals surface area contributed by atoms with Crippen molar-refractivity contribution in [2.75, 3.05) is 5.32 Å². The Morgan fingerprint density at radius 3 is 2.24 bits per heavy atom. The number of halogens is 2. The van der Waals surface area contributed by atoms with Gasteiger partial charge >= 0.3 is 0 Å². The fourth-order valence-corrected chi connectivity index (χ4v) is 2.31. The Kier molecular flexibility index (Phi) is 3.48. The molecule has 2 fully saturated rings. The quantitative estimate of drug-likeness (QED) is 0.511. The molecule has 0 heterocycles. The first-order valence-electron chi connectivity index (χ1n) is 6.99. The van der Waals surface area contributed by atoms with Crippen LogP contribution < -0.4 is 10.6 Å². The summed E-state index contributed by atoms with van der Waals surface area (Å²) in [6.07, 6.45) is 4.31. The van der Waals surface area contributed by atoms with Crippen LogP contribution in [0.2, 0.25) is 0 Å². The molecule has 0 unspecified atom stereocenters. The molecule has 112 valence electrons. The summed E-state index contributed by atoms with van der Waals surface area (Å²) in [5, 5.41) is 21.0. The van der Waals surface area contributed by atoms with Crippen molar-refractivity contribution >= 4 is 17.6 Å². The Bertz CT molecular complexity index is 569. The summed E-state index contributed by atoms with van der Waals surface area (Å²) >= 11 is 0. The monoisotopic (exact) mass is 293 g/mol. The van der Waals surface area contributed by atoms with E-state index in [4.69, 9.17) is 10.8 Å². The van der Waals surface area contributed by atoms with E-state index in [1.807, 2.05) is 4.90 Å². The number of hydrogen-bond acceptors (Lipinski definition) is 2. The molecule has 2 saturated carbocycles. The van der Waals surface area contributed by atoms with E-state index < -0.39 is 11.6 Å². The van der Waals surface area contributed by atoms with Gasteiger partial charge in [-0.3, -0.25) is 16.1 Å². The van der Waals surface area contributed by atoms with Gasteiger partial charge < -0.3 is 10.2 Å². The van der Waals surface area contributed by atoms with Crippen molar-refractivity contribution < 1.29 is 8.78 Å². The van der Waals surface area contributed by atoms with Crippen LogP contribution in [0, 0.1) is 22.5 Å². The third kappa shape index (κ3) is 3.29. The lowest BCUT2D eigenvalue weighted by atomic mass is 10.3. The molecule has 0 aliphatic heterocycles. The highest BCUT2D eigenvalue weighted by Gasteiger charge is 2.40. The molecule has 0 spiro atoms. The molecule has 1 aromatic carbocycles. The molecule has 0 radical (unpaired) electrons. The minimum absolute atomic E-state index is 0.00564. The van der Waals surface area contributed by atoms with Crippen molar-refractivity contribution in [2.24, 2.45) is 0 Å². The Morgan fingerprint density at radius 1 is 1.10 bits per heavy atom. The van der Waals surface area contributed by atoms with Crippen LogP contribution in [0.3, 0.4) is 0 Å². The van der Waals surface area contributed by atoms with E-state index in [9.17, 15) is 8.78 Å². The largest absolute Gasteiger partial charge is 0.337 e. The number of nitrogens with one attached hydrogen (secondary N) is 4. The maximum Gasteiger partial charge on any atom is 0.199 e. The van der Waals surface area contributed by atoms with Crippen LogP contribution in [-0.2, 0) is 0 Å². The average Bonchev–Trinajstić information content (AvgIpc) is 3.26. The van der Waals surface area contributed by atoms with Gasteiger partial charge in [-0.1, -0.05) is 0 Å². The molecule has 0 aromatic heterocycles. The highest BCUT2D eigenvalue weighted by Crippen LogP contribution is 2.36. The van der Waals surface area contributed by atoms with Gasteiger partial charge in [0, 0.05) is 18.2 Å². The second kappa shape index (κ2) is 5.31. The highest BCUT2D eigenvalue weighted by molar-refractivity contribution is 6.02. The molecule has 2 aliphatic carbocycles. The summed E-state index contributed by atoms with van der Waals surface area (Å²) in [5.74, 6) is -1.47. The number of hydrogen-bond donors (Lipinski definition) is 4. The van der Waals surface area contributed by atoms with Crippen molar-refractivity contribution in [2.45, 2.75) is 37.8 Å². The summed E-state index contributed by atoms with van der Waals surface area (Å²) in [4.78, 5) is 2.00. The molecule has 0 atom stereocenters. The van der Waals surface area contributed by atoms with Crippen LogP contribution in [0.5, 0.6) is 0 Å². The Labute approximate surface area is 121 Å². The summed E-state index contributed by atoms with van der Waals surface area (Å²) in [6.45, 7) is 0. The number of rotatable bonds is 3. The average molecular weight is 293 g/mol. The Hall–Kier alpha value is -2.18. The summed E-state index contributed by atoms with van der Waals surface area (Å²) < 4.78 is 26.3. The normalized spacial score (nSPS) is 17.2. The van der Waals surface area contributed by atoms with Crippen molar-refractivity contribution in [3.63, 3.8) is 0 Å². The Morgan fingerprint density at radius 2 is 1.71 bits per heavy atom. The van der Waals surface area contributed by atoms with Crippen molar-refractivity contribution in [1.82, 2.24) is 10.2 Å². The zero-order valence-electron chi connectivity index (χ0n) is 11.4. The molecular weight excluding hydrogens is 276 g/mol. The standard InChI is InChI=1S/C14H17F2N5/c15-8-1-6-12(11(16)7-8)19-13(17)20-14(18)21(9-2-3-9)10-4-5-10/h1,6-7,9-10H,2-5H2,(H4,17,18,19,20). The lowest BCUT2D eigenvalue weighted by Crippen LogP contribution is -2.47. The lowest BCUT2D eigenvalue weighted by molar-refractivity contribution is 0.388. The van der Waals surface area contributed by atoms with Crippen molar-refractivity contribution in [1.29, 1.82) is 10.8 Å². The molecule has 3 rings (SSSR count). The maximum absolute atomic E-state index is 13.5. The summed E-state index contributed by atoms with van der Waals surface area (Å²) in [6, 6.07) is 3.89. The van der Waals surface area contributed by atoms with E-state index in [1.165, 1.54) is 6.07 Å². The molecular formula is C14H17F2N5. The van der Waals surface area contributed by atoms with E-state index in [-0.39, 0.29) is 17.6 Å². The van der Waals surface area contributed by atoms with Crippen LogP contribution in [0.15, 0.2) is 18.2 Å². The minimum atomic E-state index is -0.769. The highest BCUT2D eigenvalue weighted by atomic mass is 19.1. The molecule has 5 nitrogen and oxygen atoms in total.